The summed E-state index contributed by atoms with van der Waals surface area (Å²) in [6.07, 6.45) is 0. The number of para-hydroxylation sites is 2. The van der Waals surface area contributed by atoms with Gasteiger partial charge in [0.05, 0.1) is 5.69 Å². The summed E-state index contributed by atoms with van der Waals surface area (Å²) in [5.74, 6) is -1.54. The highest BCUT2D eigenvalue weighted by Crippen LogP contribution is 2.29. The van der Waals surface area contributed by atoms with Gasteiger partial charge >= 0.3 is 12.6 Å². The van der Waals surface area contributed by atoms with Gasteiger partial charge in [0.15, 0.2) is 0 Å². The zero-order valence-electron chi connectivity index (χ0n) is 14.8. The molecule has 2 aromatic carbocycles. The van der Waals surface area contributed by atoms with E-state index in [0.717, 1.165) is 4.90 Å². The van der Waals surface area contributed by atoms with E-state index in [-0.39, 0.29) is 11.4 Å². The second kappa shape index (κ2) is 7.63. The summed E-state index contributed by atoms with van der Waals surface area (Å²) in [5, 5.41) is 4.97. The van der Waals surface area contributed by atoms with Crippen molar-refractivity contribution in [2.75, 3.05) is 11.9 Å². The Labute approximate surface area is 159 Å². The van der Waals surface area contributed by atoms with E-state index < -0.39 is 36.5 Å². The number of hydrogen-bond acceptors (Lipinski definition) is 4. The Morgan fingerprint density at radius 2 is 1.79 bits per heavy atom. The van der Waals surface area contributed by atoms with Crippen LogP contribution in [0.1, 0.15) is 12.5 Å². The van der Waals surface area contributed by atoms with E-state index in [9.17, 15) is 23.2 Å². The topological polar surface area (TPSA) is 87.7 Å². The molecular weight excluding hydrogens is 372 g/mol. The molecule has 1 saturated heterocycles. The monoisotopic (exact) mass is 389 g/mol. The van der Waals surface area contributed by atoms with Crippen LogP contribution in [0.25, 0.3) is 0 Å². The van der Waals surface area contributed by atoms with Gasteiger partial charge < -0.3 is 15.4 Å². The number of rotatable bonds is 6. The molecule has 0 aromatic heterocycles. The molecule has 0 radical (unpaired) electrons. The molecule has 0 aliphatic carbocycles. The minimum atomic E-state index is -3.06. The first-order chi connectivity index (χ1) is 13.3. The molecular formula is C19H17F2N3O4. The molecule has 7 nitrogen and oxygen atoms in total. The normalized spacial score (nSPS) is 18.9. The van der Waals surface area contributed by atoms with Crippen LogP contribution in [0.4, 0.5) is 19.3 Å². The Morgan fingerprint density at radius 3 is 2.46 bits per heavy atom. The average Bonchev–Trinajstić information content (AvgIpc) is 2.88. The first-order valence-corrected chi connectivity index (χ1v) is 8.34. The standard InChI is InChI=1S/C19H17F2N3O4/c1-19(12-7-3-2-4-8-12)16(26)24(18(27)23-19)11-15(25)22-13-9-5-6-10-14(13)28-17(20)21/h2-10,17H,11H2,1H3,(H,22,25)(H,23,27). The van der Waals surface area contributed by atoms with Crippen LogP contribution in [0.3, 0.4) is 0 Å². The molecule has 9 heteroatoms. The minimum Gasteiger partial charge on any atom is -0.433 e. The molecule has 1 fully saturated rings. The molecule has 0 bridgehead atoms. The van der Waals surface area contributed by atoms with E-state index in [0.29, 0.717) is 5.56 Å². The highest BCUT2D eigenvalue weighted by Gasteiger charge is 2.49. The molecule has 0 saturated carbocycles. The van der Waals surface area contributed by atoms with Gasteiger partial charge in [0, 0.05) is 0 Å². The number of benzene rings is 2. The first kappa shape index (κ1) is 19.3. The van der Waals surface area contributed by atoms with Gasteiger partial charge in [-0.1, -0.05) is 42.5 Å². The Kier molecular flexibility index (Phi) is 5.25. The van der Waals surface area contributed by atoms with Crippen molar-refractivity contribution < 1.29 is 27.9 Å². The molecule has 2 aromatic rings. The van der Waals surface area contributed by atoms with E-state index in [4.69, 9.17) is 0 Å². The second-order valence-corrected chi connectivity index (χ2v) is 6.24. The Bertz CT molecular complexity index is 907. The zero-order chi connectivity index (χ0) is 20.3. The van der Waals surface area contributed by atoms with E-state index in [2.05, 4.69) is 15.4 Å². The van der Waals surface area contributed by atoms with Gasteiger partial charge in [-0.2, -0.15) is 8.78 Å². The molecule has 1 aliphatic heterocycles. The van der Waals surface area contributed by atoms with Crippen molar-refractivity contribution in [3.63, 3.8) is 0 Å². The summed E-state index contributed by atoms with van der Waals surface area (Å²) in [6, 6.07) is 13.5. The fraction of sp³-hybridized carbons (Fsp3) is 0.211. The van der Waals surface area contributed by atoms with Crippen LogP contribution in [0.15, 0.2) is 54.6 Å². The molecule has 1 atom stereocenters. The first-order valence-electron chi connectivity index (χ1n) is 8.34. The maximum atomic E-state index is 12.8. The van der Waals surface area contributed by atoms with Crippen LogP contribution < -0.4 is 15.4 Å². The Balaban J connectivity index is 1.73. The van der Waals surface area contributed by atoms with Gasteiger partial charge in [-0.15, -0.1) is 0 Å². The summed E-state index contributed by atoms with van der Waals surface area (Å²) >= 11 is 0. The number of carbonyl (C=O) groups is 3. The number of amides is 4. The number of nitrogens with zero attached hydrogens (tertiary/aromatic N) is 1. The fourth-order valence-corrected chi connectivity index (χ4v) is 2.91. The van der Waals surface area contributed by atoms with E-state index in [1.165, 1.54) is 24.3 Å². The predicted molar refractivity (Wildman–Crippen MR) is 95.7 cm³/mol. The molecule has 3 rings (SSSR count). The average molecular weight is 389 g/mol. The summed E-state index contributed by atoms with van der Waals surface area (Å²) in [4.78, 5) is 38.1. The smallest absolute Gasteiger partial charge is 0.387 e. The number of anilines is 1. The molecule has 1 unspecified atom stereocenters. The van der Waals surface area contributed by atoms with Crippen molar-refractivity contribution >= 4 is 23.5 Å². The van der Waals surface area contributed by atoms with Crippen LogP contribution in [-0.4, -0.2) is 35.9 Å². The molecule has 1 aliphatic rings. The largest absolute Gasteiger partial charge is 0.433 e. The molecule has 0 spiro atoms. The van der Waals surface area contributed by atoms with E-state index >= 15 is 0 Å². The van der Waals surface area contributed by atoms with Crippen molar-refractivity contribution in [3.05, 3.63) is 60.2 Å². The maximum Gasteiger partial charge on any atom is 0.387 e. The third-order valence-corrected chi connectivity index (χ3v) is 4.31. The highest BCUT2D eigenvalue weighted by molar-refractivity contribution is 6.10. The molecule has 4 amide bonds. The van der Waals surface area contributed by atoms with Crippen molar-refractivity contribution in [1.82, 2.24) is 10.2 Å². The van der Waals surface area contributed by atoms with Crippen molar-refractivity contribution in [2.45, 2.75) is 19.1 Å². The number of alkyl halides is 2. The lowest BCUT2D eigenvalue weighted by atomic mass is 9.92. The van der Waals surface area contributed by atoms with Crippen LogP contribution >= 0.6 is 0 Å². The van der Waals surface area contributed by atoms with Gasteiger partial charge in [-0.25, -0.2) is 4.79 Å². The molecule has 2 N–H and O–H groups in total. The van der Waals surface area contributed by atoms with Crippen LogP contribution in [0.5, 0.6) is 5.75 Å². The number of urea groups is 1. The Hall–Kier alpha value is -3.49. The van der Waals surface area contributed by atoms with Gasteiger partial charge in [-0.05, 0) is 24.6 Å². The lowest BCUT2D eigenvalue weighted by Gasteiger charge is -2.22. The zero-order valence-corrected chi connectivity index (χ0v) is 14.8. The number of carbonyl (C=O) groups excluding carboxylic acids is 3. The number of nitrogens with one attached hydrogen (secondary N) is 2. The Morgan fingerprint density at radius 1 is 1.14 bits per heavy atom. The van der Waals surface area contributed by atoms with E-state index in [1.54, 1.807) is 37.3 Å². The SMILES string of the molecule is CC1(c2ccccc2)NC(=O)N(CC(=O)Nc2ccccc2OC(F)F)C1=O. The molecule has 1 heterocycles. The highest BCUT2D eigenvalue weighted by atomic mass is 19.3. The van der Waals surface area contributed by atoms with E-state index in [1.807, 2.05) is 0 Å². The molecule has 146 valence electrons. The van der Waals surface area contributed by atoms with Crippen molar-refractivity contribution in [2.24, 2.45) is 0 Å². The second-order valence-electron chi connectivity index (χ2n) is 6.24. The predicted octanol–water partition coefficient (Wildman–Crippen LogP) is 2.69. The number of ether oxygens (including phenoxy) is 1. The third-order valence-electron chi connectivity index (χ3n) is 4.31. The van der Waals surface area contributed by atoms with Gasteiger partial charge in [0.25, 0.3) is 5.91 Å². The quantitative estimate of drug-likeness (QED) is 0.744. The van der Waals surface area contributed by atoms with Crippen LogP contribution in [0.2, 0.25) is 0 Å². The third kappa shape index (κ3) is 3.78. The summed E-state index contributed by atoms with van der Waals surface area (Å²) in [6.45, 7) is -2.09. The van der Waals surface area contributed by atoms with Gasteiger partial charge in [-0.3, -0.25) is 14.5 Å². The lowest BCUT2D eigenvalue weighted by molar-refractivity contribution is -0.133. The minimum absolute atomic E-state index is 0.00525. The van der Waals surface area contributed by atoms with Crippen LogP contribution in [0, 0.1) is 0 Å². The summed E-state index contributed by atoms with van der Waals surface area (Å²) < 4.78 is 29.3. The molecule has 28 heavy (non-hydrogen) atoms. The van der Waals surface area contributed by atoms with Gasteiger partial charge in [0.2, 0.25) is 5.91 Å². The fourth-order valence-electron chi connectivity index (χ4n) is 2.91. The number of hydrogen-bond donors (Lipinski definition) is 2. The lowest BCUT2D eigenvalue weighted by Crippen LogP contribution is -2.42. The number of imide groups is 1. The van der Waals surface area contributed by atoms with Crippen molar-refractivity contribution in [1.29, 1.82) is 0 Å². The van der Waals surface area contributed by atoms with Crippen molar-refractivity contribution in [3.8, 4) is 5.75 Å². The van der Waals surface area contributed by atoms with Gasteiger partial charge in [0.1, 0.15) is 17.8 Å². The van der Waals surface area contributed by atoms with Crippen LogP contribution in [-0.2, 0) is 15.1 Å². The number of halogens is 2. The summed E-state index contributed by atoms with van der Waals surface area (Å²) in [5.41, 5.74) is -0.715. The summed E-state index contributed by atoms with van der Waals surface area (Å²) in [7, 11) is 0. The maximum absolute atomic E-state index is 12.8.